The van der Waals surface area contributed by atoms with Crippen molar-refractivity contribution >= 4 is 27.5 Å². The Morgan fingerprint density at radius 1 is 1.71 bits per heavy atom. The Balaban J connectivity index is 2.87. The molecule has 0 bridgehead atoms. The van der Waals surface area contributed by atoms with Crippen LogP contribution in [-0.4, -0.2) is 29.6 Å². The fourth-order valence-electron chi connectivity index (χ4n) is 1.16. The number of hydrogen-bond donors (Lipinski definition) is 2. The fourth-order valence-corrected chi connectivity index (χ4v) is 1.45. The van der Waals surface area contributed by atoms with Crippen LogP contribution in [0.3, 0.4) is 0 Å². The zero-order valence-electron chi connectivity index (χ0n) is 9.11. The highest BCUT2D eigenvalue weighted by molar-refractivity contribution is 9.09. The summed E-state index contributed by atoms with van der Waals surface area (Å²) in [5.74, 6) is -0.146. The number of carbonyl (C=O) groups excluding carboxylic acids is 1. The largest absolute Gasteiger partial charge is 0.495 e. The number of nitrogens with one attached hydrogen (secondary N) is 1. The van der Waals surface area contributed by atoms with Gasteiger partial charge in [-0.1, -0.05) is 15.9 Å². The number of alkyl halides is 1. The molecule has 0 aliphatic heterocycles. The van der Waals surface area contributed by atoms with E-state index in [0.29, 0.717) is 17.0 Å². The fraction of sp³-hybridized carbons (Fsp3) is 0.273. The number of methoxy groups -OCH3 is 1. The van der Waals surface area contributed by atoms with Crippen molar-refractivity contribution in [3.8, 4) is 11.8 Å². The highest BCUT2D eigenvalue weighted by atomic mass is 79.9. The van der Waals surface area contributed by atoms with Crippen LogP contribution in [0, 0.1) is 11.3 Å². The highest BCUT2D eigenvalue weighted by Gasteiger charge is 2.14. The number of anilines is 1. The lowest BCUT2D eigenvalue weighted by molar-refractivity contribution is -0.122. The lowest BCUT2D eigenvalue weighted by Crippen LogP contribution is -2.28. The van der Waals surface area contributed by atoms with Gasteiger partial charge in [0.25, 0.3) is 5.91 Å². The lowest BCUT2D eigenvalue weighted by Gasteiger charge is -2.10. The summed E-state index contributed by atoms with van der Waals surface area (Å²) in [5, 5.41) is 20.7. The molecule has 1 amide bonds. The van der Waals surface area contributed by atoms with Gasteiger partial charge in [0, 0.05) is 17.1 Å². The van der Waals surface area contributed by atoms with E-state index in [1.165, 1.54) is 19.2 Å². The van der Waals surface area contributed by atoms with Crippen LogP contribution < -0.4 is 10.1 Å². The topological polar surface area (TPSA) is 82.3 Å². The summed E-state index contributed by atoms with van der Waals surface area (Å²) in [4.78, 5) is 11.4. The van der Waals surface area contributed by atoms with E-state index < -0.39 is 12.0 Å². The van der Waals surface area contributed by atoms with Crippen LogP contribution >= 0.6 is 15.9 Å². The molecule has 0 saturated carbocycles. The van der Waals surface area contributed by atoms with Crippen molar-refractivity contribution < 1.29 is 14.6 Å². The molecule has 1 aromatic rings. The molecule has 2 N–H and O–H groups in total. The van der Waals surface area contributed by atoms with E-state index in [-0.39, 0.29) is 5.33 Å². The third-order valence-corrected chi connectivity index (χ3v) is 2.65. The van der Waals surface area contributed by atoms with Gasteiger partial charge in [-0.3, -0.25) is 4.79 Å². The molecule has 1 atom stereocenters. The van der Waals surface area contributed by atoms with Gasteiger partial charge in [-0.15, -0.1) is 0 Å². The molecule has 0 radical (unpaired) electrons. The van der Waals surface area contributed by atoms with Crippen molar-refractivity contribution in [2.24, 2.45) is 0 Å². The molecule has 0 fully saturated rings. The van der Waals surface area contributed by atoms with Crippen LogP contribution in [0.5, 0.6) is 5.75 Å². The first-order chi connectivity index (χ1) is 8.12. The van der Waals surface area contributed by atoms with Crippen LogP contribution in [-0.2, 0) is 4.79 Å². The Hall–Kier alpha value is -1.58. The molecule has 17 heavy (non-hydrogen) atoms. The highest BCUT2D eigenvalue weighted by Crippen LogP contribution is 2.22. The van der Waals surface area contributed by atoms with Gasteiger partial charge in [0.2, 0.25) is 0 Å². The number of halogens is 1. The quantitative estimate of drug-likeness (QED) is 0.820. The smallest absolute Gasteiger partial charge is 0.254 e. The molecular weight excluding hydrogens is 288 g/mol. The van der Waals surface area contributed by atoms with E-state index >= 15 is 0 Å². The van der Waals surface area contributed by atoms with Crippen molar-refractivity contribution in [1.82, 2.24) is 0 Å². The van der Waals surface area contributed by atoms with Crippen LogP contribution in [0.4, 0.5) is 5.69 Å². The van der Waals surface area contributed by atoms with Crippen molar-refractivity contribution in [3.63, 3.8) is 0 Å². The summed E-state index contributed by atoms with van der Waals surface area (Å²) in [7, 11) is 1.44. The Morgan fingerprint density at radius 3 is 2.94 bits per heavy atom. The number of nitriles is 1. The Kier molecular flexibility index (Phi) is 4.94. The van der Waals surface area contributed by atoms with E-state index in [1.807, 2.05) is 6.07 Å². The number of carbonyl (C=O) groups is 1. The van der Waals surface area contributed by atoms with Crippen molar-refractivity contribution in [2.75, 3.05) is 17.8 Å². The van der Waals surface area contributed by atoms with E-state index in [1.54, 1.807) is 6.07 Å². The zero-order chi connectivity index (χ0) is 12.8. The normalized spacial score (nSPS) is 11.4. The molecule has 0 aromatic heterocycles. The molecule has 0 aliphatic rings. The van der Waals surface area contributed by atoms with Crippen molar-refractivity contribution in [2.45, 2.75) is 6.10 Å². The Morgan fingerprint density at radius 2 is 2.41 bits per heavy atom. The third-order valence-electron chi connectivity index (χ3n) is 2.04. The first-order valence-corrected chi connectivity index (χ1v) is 5.87. The van der Waals surface area contributed by atoms with Crippen LogP contribution in [0.15, 0.2) is 18.2 Å². The second-order valence-electron chi connectivity index (χ2n) is 3.19. The monoisotopic (exact) mass is 298 g/mol. The summed E-state index contributed by atoms with van der Waals surface area (Å²) < 4.78 is 5.00. The molecule has 0 heterocycles. The predicted octanol–water partition coefficient (Wildman–Crippen LogP) is 1.26. The summed E-state index contributed by atoms with van der Waals surface area (Å²) in [6.45, 7) is 0. The lowest BCUT2D eigenvalue weighted by atomic mass is 10.2. The molecule has 5 nitrogen and oxygen atoms in total. The van der Waals surface area contributed by atoms with Crippen molar-refractivity contribution in [3.05, 3.63) is 23.8 Å². The first-order valence-electron chi connectivity index (χ1n) is 4.75. The number of rotatable bonds is 4. The standard InChI is InChI=1S/C11H11BrN2O3/c1-17-10-4-8(3-2-7(10)6-13)14-11(16)9(15)5-12/h2-4,9,15H,5H2,1H3,(H,14,16). The van der Waals surface area contributed by atoms with E-state index in [4.69, 9.17) is 10.00 Å². The molecule has 1 unspecified atom stereocenters. The van der Waals surface area contributed by atoms with Gasteiger partial charge in [0.15, 0.2) is 0 Å². The second kappa shape index (κ2) is 6.23. The second-order valence-corrected chi connectivity index (χ2v) is 3.83. The molecule has 0 saturated heterocycles. The summed E-state index contributed by atoms with van der Waals surface area (Å²) in [6, 6.07) is 6.60. The molecule has 90 valence electrons. The number of nitrogens with zero attached hydrogens (tertiary/aromatic N) is 1. The predicted molar refractivity (Wildman–Crippen MR) is 66.1 cm³/mol. The number of ether oxygens (including phenoxy) is 1. The van der Waals surface area contributed by atoms with Crippen molar-refractivity contribution in [1.29, 1.82) is 5.26 Å². The van der Waals surface area contributed by atoms with Gasteiger partial charge in [-0.05, 0) is 12.1 Å². The maximum Gasteiger partial charge on any atom is 0.254 e. The van der Waals surface area contributed by atoms with Crippen LogP contribution in [0.1, 0.15) is 5.56 Å². The zero-order valence-corrected chi connectivity index (χ0v) is 10.7. The van der Waals surface area contributed by atoms with E-state index in [2.05, 4.69) is 21.2 Å². The molecule has 1 aromatic carbocycles. The number of aliphatic hydroxyl groups is 1. The van der Waals surface area contributed by atoms with Gasteiger partial charge in [-0.25, -0.2) is 0 Å². The Bertz CT molecular complexity index is 457. The van der Waals surface area contributed by atoms with Crippen LogP contribution in [0.25, 0.3) is 0 Å². The number of aliphatic hydroxyl groups excluding tert-OH is 1. The van der Waals surface area contributed by atoms with Gasteiger partial charge >= 0.3 is 0 Å². The van der Waals surface area contributed by atoms with Gasteiger partial charge in [0.1, 0.15) is 17.9 Å². The average Bonchev–Trinajstić information content (AvgIpc) is 2.37. The maximum atomic E-state index is 11.4. The molecule has 0 spiro atoms. The number of hydrogen-bond acceptors (Lipinski definition) is 4. The first kappa shape index (κ1) is 13.5. The third kappa shape index (κ3) is 3.44. The number of benzene rings is 1. The summed E-state index contributed by atoms with van der Waals surface area (Å²) in [5.41, 5.74) is 0.845. The van der Waals surface area contributed by atoms with Crippen LogP contribution in [0.2, 0.25) is 0 Å². The van der Waals surface area contributed by atoms with Gasteiger partial charge in [-0.2, -0.15) is 5.26 Å². The minimum atomic E-state index is -1.11. The maximum absolute atomic E-state index is 11.4. The number of amides is 1. The van der Waals surface area contributed by atoms with Gasteiger partial charge < -0.3 is 15.2 Å². The SMILES string of the molecule is COc1cc(NC(=O)C(O)CBr)ccc1C#N. The minimum Gasteiger partial charge on any atom is -0.495 e. The van der Waals surface area contributed by atoms with Gasteiger partial charge in [0.05, 0.1) is 12.7 Å². The Labute approximate surface area is 107 Å². The molecule has 6 heteroatoms. The summed E-state index contributed by atoms with van der Waals surface area (Å²) >= 11 is 3.00. The molecular formula is C11H11BrN2O3. The summed E-state index contributed by atoms with van der Waals surface area (Å²) in [6.07, 6.45) is -1.11. The molecule has 1 rings (SSSR count). The molecule has 0 aliphatic carbocycles. The van der Waals surface area contributed by atoms with E-state index in [9.17, 15) is 9.90 Å². The average molecular weight is 299 g/mol. The minimum absolute atomic E-state index is 0.159. The van der Waals surface area contributed by atoms with E-state index in [0.717, 1.165) is 0 Å².